The Morgan fingerprint density at radius 1 is 1.32 bits per heavy atom. The molecule has 3 rings (SSSR count). The number of amides is 1. The predicted octanol–water partition coefficient (Wildman–Crippen LogP) is 3.24. The van der Waals surface area contributed by atoms with E-state index in [2.05, 4.69) is 37.3 Å². The summed E-state index contributed by atoms with van der Waals surface area (Å²) in [5.41, 5.74) is 1.40. The van der Waals surface area contributed by atoms with E-state index in [0.717, 1.165) is 32.2 Å². The van der Waals surface area contributed by atoms with Crippen molar-refractivity contribution in [2.24, 2.45) is 5.92 Å². The van der Waals surface area contributed by atoms with Crippen molar-refractivity contribution in [3.05, 3.63) is 35.9 Å². The molecule has 2 saturated heterocycles. The van der Waals surface area contributed by atoms with Crippen LogP contribution in [0.4, 0.5) is 4.79 Å². The van der Waals surface area contributed by atoms with Crippen LogP contribution in [0.3, 0.4) is 0 Å². The topological polar surface area (TPSA) is 29.5 Å². The number of nitrogens with zero attached hydrogens (tertiary/aromatic N) is 1. The fourth-order valence-electron chi connectivity index (χ4n) is 3.42. The molecule has 0 radical (unpaired) electrons. The molecule has 19 heavy (non-hydrogen) atoms. The summed E-state index contributed by atoms with van der Waals surface area (Å²) < 4.78 is 5.44. The highest BCUT2D eigenvalue weighted by atomic mass is 16.6. The van der Waals surface area contributed by atoms with E-state index in [-0.39, 0.29) is 12.2 Å². The van der Waals surface area contributed by atoms with Crippen LogP contribution >= 0.6 is 0 Å². The lowest BCUT2D eigenvalue weighted by Gasteiger charge is -2.34. The minimum atomic E-state index is -0.102. The van der Waals surface area contributed by atoms with Gasteiger partial charge in [-0.15, -0.1) is 0 Å². The van der Waals surface area contributed by atoms with Crippen molar-refractivity contribution in [2.75, 3.05) is 6.54 Å². The van der Waals surface area contributed by atoms with E-state index in [9.17, 15) is 4.79 Å². The lowest BCUT2D eigenvalue weighted by atomic mass is 9.84. The van der Waals surface area contributed by atoms with Crippen molar-refractivity contribution < 1.29 is 9.53 Å². The first-order chi connectivity index (χ1) is 9.28. The molecule has 1 aromatic carbocycles. The largest absolute Gasteiger partial charge is 0.444 e. The van der Waals surface area contributed by atoms with E-state index in [4.69, 9.17) is 4.74 Å². The highest BCUT2D eigenvalue weighted by molar-refractivity contribution is 5.70. The van der Waals surface area contributed by atoms with Crippen LogP contribution < -0.4 is 0 Å². The number of benzene rings is 1. The Morgan fingerprint density at radius 2 is 2.11 bits per heavy atom. The van der Waals surface area contributed by atoms with Gasteiger partial charge >= 0.3 is 6.09 Å². The van der Waals surface area contributed by atoms with Gasteiger partial charge in [0.1, 0.15) is 6.10 Å². The number of rotatable bonds is 3. The minimum absolute atomic E-state index is 0.102. The summed E-state index contributed by atoms with van der Waals surface area (Å²) in [6.07, 6.45) is 4.22. The molecule has 3 heteroatoms. The number of cyclic esters (lactones) is 1. The number of hydrogen-bond donors (Lipinski definition) is 0. The standard InChI is InChI=1S/C16H21NO2/c1-2-15-14-11-13(8-9-17(14)16(18)19-15)10-12-6-4-3-5-7-12/h3-7,13-15H,2,8-11H2,1H3/t13-,14?,15+/m1/s1. The van der Waals surface area contributed by atoms with Crippen LogP contribution in [0, 0.1) is 5.92 Å². The van der Waals surface area contributed by atoms with Gasteiger partial charge in [0.15, 0.2) is 0 Å². The molecule has 0 saturated carbocycles. The Morgan fingerprint density at radius 3 is 2.84 bits per heavy atom. The van der Waals surface area contributed by atoms with Gasteiger partial charge in [-0.1, -0.05) is 37.3 Å². The molecule has 1 unspecified atom stereocenters. The molecule has 0 N–H and O–H groups in total. The van der Waals surface area contributed by atoms with E-state index < -0.39 is 0 Å². The van der Waals surface area contributed by atoms with Crippen molar-refractivity contribution in [2.45, 2.75) is 44.8 Å². The van der Waals surface area contributed by atoms with Crippen molar-refractivity contribution >= 4 is 6.09 Å². The van der Waals surface area contributed by atoms with Gasteiger partial charge in [0.05, 0.1) is 6.04 Å². The van der Waals surface area contributed by atoms with Gasteiger partial charge in [-0.25, -0.2) is 4.79 Å². The quantitative estimate of drug-likeness (QED) is 0.834. The number of ether oxygens (including phenoxy) is 1. The maximum Gasteiger partial charge on any atom is 0.410 e. The summed E-state index contributed by atoms with van der Waals surface area (Å²) in [6, 6.07) is 11.0. The molecule has 2 aliphatic rings. The number of carbonyl (C=O) groups is 1. The zero-order valence-corrected chi connectivity index (χ0v) is 11.4. The molecule has 1 aromatic rings. The summed E-state index contributed by atoms with van der Waals surface area (Å²) in [4.78, 5) is 13.7. The summed E-state index contributed by atoms with van der Waals surface area (Å²) in [6.45, 7) is 2.96. The van der Waals surface area contributed by atoms with Crippen LogP contribution in [-0.2, 0) is 11.2 Å². The van der Waals surface area contributed by atoms with Gasteiger partial charge in [0.2, 0.25) is 0 Å². The highest BCUT2D eigenvalue weighted by Crippen LogP contribution is 2.34. The van der Waals surface area contributed by atoms with Gasteiger partial charge in [-0.05, 0) is 37.2 Å². The van der Waals surface area contributed by atoms with E-state index in [1.807, 2.05) is 4.90 Å². The molecule has 2 fully saturated rings. The fourth-order valence-corrected chi connectivity index (χ4v) is 3.42. The molecule has 3 nitrogen and oxygen atoms in total. The maximum atomic E-state index is 11.7. The second kappa shape index (κ2) is 5.24. The first kappa shape index (κ1) is 12.5. The lowest BCUT2D eigenvalue weighted by molar-refractivity contribution is 0.125. The van der Waals surface area contributed by atoms with Crippen LogP contribution in [0.25, 0.3) is 0 Å². The summed E-state index contributed by atoms with van der Waals surface area (Å²) >= 11 is 0. The molecular formula is C16H21NO2. The molecule has 2 heterocycles. The Labute approximate surface area is 114 Å². The lowest BCUT2D eigenvalue weighted by Crippen LogP contribution is -2.43. The molecule has 0 aromatic heterocycles. The third-order valence-corrected chi connectivity index (χ3v) is 4.44. The van der Waals surface area contributed by atoms with E-state index in [1.54, 1.807) is 0 Å². The number of fused-ring (bicyclic) bond motifs is 1. The van der Waals surface area contributed by atoms with E-state index >= 15 is 0 Å². The Kier molecular flexibility index (Phi) is 3.45. The van der Waals surface area contributed by atoms with Gasteiger partial charge < -0.3 is 9.64 Å². The van der Waals surface area contributed by atoms with Crippen molar-refractivity contribution in [3.8, 4) is 0 Å². The first-order valence-corrected chi connectivity index (χ1v) is 7.29. The van der Waals surface area contributed by atoms with Gasteiger partial charge in [-0.2, -0.15) is 0 Å². The monoisotopic (exact) mass is 259 g/mol. The molecular weight excluding hydrogens is 238 g/mol. The maximum absolute atomic E-state index is 11.7. The average Bonchev–Trinajstić information content (AvgIpc) is 2.76. The molecule has 1 amide bonds. The SMILES string of the molecule is CC[C@@H]1OC(=O)N2CC[C@H](Cc3ccccc3)CC12. The molecule has 0 spiro atoms. The van der Waals surface area contributed by atoms with Gasteiger partial charge in [-0.3, -0.25) is 0 Å². The molecule has 2 aliphatic heterocycles. The molecule has 0 aliphatic carbocycles. The van der Waals surface area contributed by atoms with Crippen molar-refractivity contribution in [3.63, 3.8) is 0 Å². The van der Waals surface area contributed by atoms with E-state index in [0.29, 0.717) is 12.0 Å². The highest BCUT2D eigenvalue weighted by Gasteiger charge is 2.44. The zero-order valence-electron chi connectivity index (χ0n) is 11.4. The third-order valence-electron chi connectivity index (χ3n) is 4.44. The second-order valence-corrected chi connectivity index (χ2v) is 5.67. The first-order valence-electron chi connectivity index (χ1n) is 7.29. The van der Waals surface area contributed by atoms with Gasteiger partial charge in [0, 0.05) is 6.54 Å². The summed E-state index contributed by atoms with van der Waals surface area (Å²) in [7, 11) is 0. The Balaban J connectivity index is 1.66. The molecule has 3 atom stereocenters. The number of piperidine rings is 1. The molecule has 102 valence electrons. The van der Waals surface area contributed by atoms with Crippen LogP contribution in [0.5, 0.6) is 0 Å². The van der Waals surface area contributed by atoms with Crippen LogP contribution in [-0.4, -0.2) is 29.7 Å². The average molecular weight is 259 g/mol. The molecule has 0 bridgehead atoms. The summed E-state index contributed by atoms with van der Waals surface area (Å²) in [5, 5.41) is 0. The van der Waals surface area contributed by atoms with Gasteiger partial charge in [0.25, 0.3) is 0 Å². The van der Waals surface area contributed by atoms with Crippen LogP contribution in [0.2, 0.25) is 0 Å². The Hall–Kier alpha value is -1.51. The second-order valence-electron chi connectivity index (χ2n) is 5.67. The predicted molar refractivity (Wildman–Crippen MR) is 73.9 cm³/mol. The van der Waals surface area contributed by atoms with E-state index in [1.165, 1.54) is 5.56 Å². The minimum Gasteiger partial charge on any atom is -0.444 e. The third kappa shape index (κ3) is 2.46. The van der Waals surface area contributed by atoms with Crippen molar-refractivity contribution in [1.82, 2.24) is 4.90 Å². The summed E-state index contributed by atoms with van der Waals surface area (Å²) in [5.74, 6) is 0.673. The Bertz CT molecular complexity index is 445. The zero-order chi connectivity index (χ0) is 13.2. The normalized spacial score (nSPS) is 30.1. The van der Waals surface area contributed by atoms with Crippen LogP contribution in [0.15, 0.2) is 30.3 Å². The number of hydrogen-bond acceptors (Lipinski definition) is 2. The van der Waals surface area contributed by atoms with Crippen molar-refractivity contribution in [1.29, 1.82) is 0 Å². The number of carbonyl (C=O) groups excluding carboxylic acids is 1. The van der Waals surface area contributed by atoms with Crippen LogP contribution in [0.1, 0.15) is 31.7 Å². The fraction of sp³-hybridized carbons (Fsp3) is 0.562. The smallest absolute Gasteiger partial charge is 0.410 e.